The summed E-state index contributed by atoms with van der Waals surface area (Å²) in [5, 5.41) is 10.3. The topological polar surface area (TPSA) is 65.0 Å². The molecule has 0 aliphatic rings. The molecule has 0 bridgehead atoms. The van der Waals surface area contributed by atoms with Gasteiger partial charge in [0.15, 0.2) is 22.1 Å². The number of thiophene rings is 1. The molecule has 1 heterocycles. The van der Waals surface area contributed by atoms with Crippen molar-refractivity contribution in [2.24, 2.45) is 0 Å². The van der Waals surface area contributed by atoms with E-state index < -0.39 is 5.97 Å². The van der Waals surface area contributed by atoms with E-state index in [1.165, 1.54) is 11.3 Å². The lowest BCUT2D eigenvalue weighted by Crippen LogP contribution is -2.08. The molecule has 0 fully saturated rings. The van der Waals surface area contributed by atoms with Gasteiger partial charge in [-0.3, -0.25) is 0 Å². The van der Waals surface area contributed by atoms with Gasteiger partial charge >= 0.3 is 5.97 Å². The van der Waals surface area contributed by atoms with Crippen LogP contribution in [0.15, 0.2) is 42.5 Å². The number of benzene rings is 2. The predicted octanol–water partition coefficient (Wildman–Crippen LogP) is 4.80. The minimum atomic E-state index is -1.01. The summed E-state index contributed by atoms with van der Waals surface area (Å²) in [6, 6.07) is 13.5. The third-order valence-corrected chi connectivity index (χ3v) is 5.31. The van der Waals surface area contributed by atoms with Crippen LogP contribution in [0.2, 0.25) is 0 Å². The quantitative estimate of drug-likeness (QED) is 0.645. The van der Waals surface area contributed by atoms with E-state index in [2.05, 4.69) is 0 Å². The first-order chi connectivity index (χ1) is 12.5. The Hall–Kier alpha value is -2.73. The number of hydrogen-bond acceptors (Lipinski definition) is 5. The fourth-order valence-electron chi connectivity index (χ4n) is 2.77. The van der Waals surface area contributed by atoms with Crippen LogP contribution in [-0.4, -0.2) is 31.9 Å². The van der Waals surface area contributed by atoms with E-state index in [4.69, 9.17) is 14.2 Å². The van der Waals surface area contributed by atoms with E-state index in [0.717, 1.165) is 10.3 Å². The number of carbonyl (C=O) groups is 1. The number of carboxylic acid groups (broad SMARTS) is 1. The minimum absolute atomic E-state index is 0.132. The zero-order chi connectivity index (χ0) is 18.7. The second-order valence-corrected chi connectivity index (χ2v) is 6.94. The number of aromatic carboxylic acids is 1. The maximum atomic E-state index is 11.7. The molecule has 6 heteroatoms. The van der Waals surface area contributed by atoms with Crippen molar-refractivity contribution in [3.05, 3.63) is 52.9 Å². The summed E-state index contributed by atoms with van der Waals surface area (Å²) < 4.78 is 17.4. The Morgan fingerprint density at radius 1 is 1.12 bits per heavy atom. The molecule has 0 aliphatic heterocycles. The fourth-order valence-corrected chi connectivity index (χ4v) is 3.77. The zero-order valence-corrected chi connectivity index (χ0v) is 15.6. The van der Waals surface area contributed by atoms with Crippen LogP contribution in [0.5, 0.6) is 17.2 Å². The molecule has 0 aliphatic carbocycles. The van der Waals surface area contributed by atoms with Crippen LogP contribution >= 0.6 is 11.3 Å². The molecule has 3 rings (SSSR count). The normalized spacial score (nSPS) is 12.0. The van der Waals surface area contributed by atoms with Crippen molar-refractivity contribution >= 4 is 27.4 Å². The van der Waals surface area contributed by atoms with Gasteiger partial charge in [-0.1, -0.05) is 37.3 Å². The van der Waals surface area contributed by atoms with E-state index in [-0.39, 0.29) is 10.8 Å². The van der Waals surface area contributed by atoms with Crippen molar-refractivity contribution in [3.63, 3.8) is 0 Å². The Morgan fingerprint density at radius 3 is 2.38 bits per heavy atom. The van der Waals surface area contributed by atoms with Crippen LogP contribution in [-0.2, 0) is 0 Å². The largest absolute Gasteiger partial charge is 0.493 e. The lowest BCUT2D eigenvalue weighted by molar-refractivity contribution is 0.0698. The van der Waals surface area contributed by atoms with Crippen LogP contribution in [0.3, 0.4) is 0 Å². The molecule has 0 spiro atoms. The standard InChI is InChI=1S/C20H20O5S/c1-12(13-7-5-4-6-8-13)11-25-18-14-9-15(23-2)16(24-3)10-17(14)26-19(18)20(21)22/h4-10,12H,11H2,1-3H3,(H,21,22)/t12-/m1/s1. The molecular weight excluding hydrogens is 352 g/mol. The van der Waals surface area contributed by atoms with Crippen molar-refractivity contribution in [1.82, 2.24) is 0 Å². The molecule has 0 unspecified atom stereocenters. The summed E-state index contributed by atoms with van der Waals surface area (Å²) in [7, 11) is 3.10. The van der Waals surface area contributed by atoms with Gasteiger partial charge in [0.1, 0.15) is 0 Å². The van der Waals surface area contributed by atoms with E-state index in [1.54, 1.807) is 26.4 Å². The van der Waals surface area contributed by atoms with Crippen LogP contribution in [0.25, 0.3) is 10.1 Å². The average molecular weight is 372 g/mol. The van der Waals surface area contributed by atoms with Gasteiger partial charge in [-0.25, -0.2) is 4.79 Å². The molecule has 0 saturated carbocycles. The summed E-state index contributed by atoms with van der Waals surface area (Å²) in [6.07, 6.45) is 0. The Labute approximate surface area is 155 Å². The molecular formula is C20H20O5S. The van der Waals surface area contributed by atoms with E-state index in [0.29, 0.717) is 29.2 Å². The van der Waals surface area contributed by atoms with Crippen LogP contribution < -0.4 is 14.2 Å². The molecule has 0 saturated heterocycles. The van der Waals surface area contributed by atoms with Gasteiger partial charge in [0.2, 0.25) is 0 Å². The highest BCUT2D eigenvalue weighted by atomic mass is 32.1. The molecule has 2 aromatic carbocycles. The van der Waals surface area contributed by atoms with Crippen molar-refractivity contribution < 1.29 is 24.1 Å². The molecule has 136 valence electrons. The lowest BCUT2D eigenvalue weighted by atomic mass is 10.0. The number of rotatable bonds is 7. The number of ether oxygens (including phenoxy) is 3. The average Bonchev–Trinajstić information content (AvgIpc) is 3.03. The number of hydrogen-bond donors (Lipinski definition) is 1. The molecule has 3 aromatic rings. The lowest BCUT2D eigenvalue weighted by Gasteiger charge is -2.14. The number of fused-ring (bicyclic) bond motifs is 1. The van der Waals surface area contributed by atoms with Gasteiger partial charge in [0, 0.05) is 22.1 Å². The molecule has 0 radical (unpaired) electrons. The summed E-state index contributed by atoms with van der Waals surface area (Å²) in [5.41, 5.74) is 1.14. The molecule has 5 nitrogen and oxygen atoms in total. The highest BCUT2D eigenvalue weighted by molar-refractivity contribution is 7.21. The number of methoxy groups -OCH3 is 2. The Morgan fingerprint density at radius 2 is 1.77 bits per heavy atom. The Balaban J connectivity index is 1.97. The summed E-state index contributed by atoms with van der Waals surface area (Å²) >= 11 is 1.17. The summed E-state index contributed by atoms with van der Waals surface area (Å²) in [6.45, 7) is 2.43. The predicted molar refractivity (Wildman–Crippen MR) is 102 cm³/mol. The van der Waals surface area contributed by atoms with Gasteiger partial charge in [-0.2, -0.15) is 0 Å². The SMILES string of the molecule is COc1cc2sc(C(=O)O)c(OC[C@@H](C)c3ccccc3)c2cc1OC. The first kappa shape index (κ1) is 18.1. The van der Waals surface area contributed by atoms with Gasteiger partial charge in [0.25, 0.3) is 0 Å². The monoisotopic (exact) mass is 372 g/mol. The van der Waals surface area contributed by atoms with Gasteiger partial charge < -0.3 is 19.3 Å². The van der Waals surface area contributed by atoms with Crippen LogP contribution in [0, 0.1) is 0 Å². The minimum Gasteiger partial charge on any atom is -0.493 e. The van der Waals surface area contributed by atoms with Crippen LogP contribution in [0.4, 0.5) is 0 Å². The molecule has 1 aromatic heterocycles. The molecule has 0 amide bonds. The Kier molecular flexibility index (Phi) is 5.32. The maximum absolute atomic E-state index is 11.7. The molecule has 1 N–H and O–H groups in total. The maximum Gasteiger partial charge on any atom is 0.349 e. The van der Waals surface area contributed by atoms with Gasteiger partial charge in [-0.05, 0) is 11.6 Å². The molecule has 26 heavy (non-hydrogen) atoms. The number of carboxylic acids is 1. The highest BCUT2D eigenvalue weighted by Crippen LogP contribution is 2.43. The van der Waals surface area contributed by atoms with E-state index in [9.17, 15) is 9.90 Å². The van der Waals surface area contributed by atoms with Crippen molar-refractivity contribution in [2.45, 2.75) is 12.8 Å². The van der Waals surface area contributed by atoms with Gasteiger partial charge in [0.05, 0.1) is 20.8 Å². The fraction of sp³-hybridized carbons (Fsp3) is 0.250. The third-order valence-electron chi connectivity index (χ3n) is 4.19. The first-order valence-electron chi connectivity index (χ1n) is 8.14. The van der Waals surface area contributed by atoms with Crippen LogP contribution in [0.1, 0.15) is 28.1 Å². The summed E-state index contributed by atoms with van der Waals surface area (Å²) in [4.78, 5) is 11.9. The Bertz CT molecular complexity index is 917. The van der Waals surface area contributed by atoms with E-state index in [1.807, 2.05) is 37.3 Å². The molecule has 1 atom stereocenters. The second kappa shape index (κ2) is 7.66. The van der Waals surface area contributed by atoms with Crippen molar-refractivity contribution in [2.75, 3.05) is 20.8 Å². The van der Waals surface area contributed by atoms with Crippen molar-refractivity contribution in [3.8, 4) is 17.2 Å². The third kappa shape index (κ3) is 3.46. The van der Waals surface area contributed by atoms with Crippen molar-refractivity contribution in [1.29, 1.82) is 0 Å². The van der Waals surface area contributed by atoms with Gasteiger partial charge in [-0.15, -0.1) is 11.3 Å². The first-order valence-corrected chi connectivity index (χ1v) is 8.96. The zero-order valence-electron chi connectivity index (χ0n) is 14.8. The van der Waals surface area contributed by atoms with E-state index >= 15 is 0 Å². The second-order valence-electron chi connectivity index (χ2n) is 5.89. The summed E-state index contributed by atoms with van der Waals surface area (Å²) in [5.74, 6) is 0.596. The highest BCUT2D eigenvalue weighted by Gasteiger charge is 2.22. The smallest absolute Gasteiger partial charge is 0.349 e.